The summed E-state index contributed by atoms with van der Waals surface area (Å²) in [6.45, 7) is 7.89. The fraction of sp³-hybridized carbons (Fsp3) is 0.611. The number of nitrogens with zero attached hydrogens (tertiary/aromatic N) is 5. The molecule has 1 aliphatic rings. The normalized spacial score (nSPS) is 18.0. The number of pyridine rings is 1. The molecule has 6 nitrogen and oxygen atoms in total. The molecule has 3 rings (SSSR count). The van der Waals surface area contributed by atoms with Crippen LogP contribution in [-0.4, -0.2) is 43.1 Å². The Hall–Kier alpha value is -1.79. The lowest BCUT2D eigenvalue weighted by atomic mass is 9.96. The Morgan fingerprint density at radius 1 is 1.29 bits per heavy atom. The maximum absolute atomic E-state index is 9.52. The fourth-order valence-electron chi connectivity index (χ4n) is 3.17. The summed E-state index contributed by atoms with van der Waals surface area (Å²) in [4.78, 5) is 7.04. The number of aliphatic hydroxyl groups is 1. The highest BCUT2D eigenvalue weighted by atomic mass is 16.3. The molecule has 2 aromatic rings. The molecule has 1 N–H and O–H groups in total. The van der Waals surface area contributed by atoms with E-state index in [1.165, 1.54) is 5.56 Å². The number of piperidine rings is 1. The van der Waals surface area contributed by atoms with Gasteiger partial charge in [-0.25, -0.2) is 0 Å². The van der Waals surface area contributed by atoms with Gasteiger partial charge < -0.3 is 5.11 Å². The lowest BCUT2D eigenvalue weighted by molar-refractivity contribution is 0.162. The zero-order valence-corrected chi connectivity index (χ0v) is 14.6. The zero-order valence-electron chi connectivity index (χ0n) is 14.6. The van der Waals surface area contributed by atoms with Crippen LogP contribution in [-0.2, 0) is 19.5 Å². The van der Waals surface area contributed by atoms with E-state index in [0.717, 1.165) is 51.1 Å². The van der Waals surface area contributed by atoms with Crippen LogP contribution < -0.4 is 0 Å². The van der Waals surface area contributed by atoms with E-state index in [1.807, 2.05) is 17.1 Å². The highest BCUT2D eigenvalue weighted by molar-refractivity contribution is 5.13. The average Bonchev–Trinajstić information content (AvgIpc) is 3.06. The van der Waals surface area contributed by atoms with E-state index in [2.05, 4.69) is 39.3 Å². The van der Waals surface area contributed by atoms with Gasteiger partial charge in [-0.2, -0.15) is 0 Å². The molecule has 0 amide bonds. The van der Waals surface area contributed by atoms with Gasteiger partial charge in [0.1, 0.15) is 5.69 Å². The Balaban J connectivity index is 1.46. The Kier molecular flexibility index (Phi) is 5.58. The minimum Gasteiger partial charge on any atom is -0.387 e. The molecule has 24 heavy (non-hydrogen) atoms. The average molecular weight is 329 g/mol. The Bertz CT molecular complexity index is 629. The van der Waals surface area contributed by atoms with Crippen molar-refractivity contribution >= 4 is 0 Å². The van der Waals surface area contributed by atoms with E-state index in [1.54, 1.807) is 6.92 Å². The van der Waals surface area contributed by atoms with Gasteiger partial charge in [0.05, 0.1) is 18.0 Å². The van der Waals surface area contributed by atoms with Crippen molar-refractivity contribution in [2.24, 2.45) is 5.92 Å². The zero-order chi connectivity index (χ0) is 16.9. The first-order valence-electron chi connectivity index (χ1n) is 8.88. The number of aliphatic hydroxyl groups excluding tert-OH is 1. The molecule has 0 radical (unpaired) electrons. The lowest BCUT2D eigenvalue weighted by Crippen LogP contribution is -2.34. The molecule has 0 bridgehead atoms. The predicted molar refractivity (Wildman–Crippen MR) is 92.3 cm³/mol. The van der Waals surface area contributed by atoms with E-state index < -0.39 is 6.10 Å². The number of hydrogen-bond acceptors (Lipinski definition) is 5. The molecule has 1 aliphatic heterocycles. The lowest BCUT2D eigenvalue weighted by Gasteiger charge is -2.31. The molecule has 0 aliphatic carbocycles. The molecule has 3 heterocycles. The SMILES string of the molecule is CCc1ccc(CN2CCC(Cn3cc([C@@H](C)O)nn3)CC2)nc1. The summed E-state index contributed by atoms with van der Waals surface area (Å²) in [5.74, 6) is 0.625. The number of aryl methyl sites for hydroxylation is 1. The first-order valence-corrected chi connectivity index (χ1v) is 8.88. The molecular formula is C18H27N5O. The molecule has 0 spiro atoms. The second kappa shape index (κ2) is 7.85. The van der Waals surface area contributed by atoms with Gasteiger partial charge in [0.25, 0.3) is 0 Å². The molecule has 1 saturated heterocycles. The van der Waals surface area contributed by atoms with Crippen molar-refractivity contribution in [3.8, 4) is 0 Å². The van der Waals surface area contributed by atoms with Gasteiger partial charge in [-0.3, -0.25) is 14.6 Å². The molecule has 0 saturated carbocycles. The monoisotopic (exact) mass is 329 g/mol. The summed E-state index contributed by atoms with van der Waals surface area (Å²) in [5, 5.41) is 17.7. The van der Waals surface area contributed by atoms with Crippen LogP contribution in [0, 0.1) is 5.92 Å². The number of hydrogen-bond donors (Lipinski definition) is 1. The third kappa shape index (κ3) is 4.39. The first-order chi connectivity index (χ1) is 11.6. The molecule has 0 unspecified atom stereocenters. The highest BCUT2D eigenvalue weighted by Gasteiger charge is 2.20. The Morgan fingerprint density at radius 2 is 2.08 bits per heavy atom. The van der Waals surface area contributed by atoms with Gasteiger partial charge in [0.2, 0.25) is 0 Å². The molecule has 6 heteroatoms. The van der Waals surface area contributed by atoms with Crippen molar-refractivity contribution in [1.82, 2.24) is 24.9 Å². The maximum Gasteiger partial charge on any atom is 0.111 e. The Labute approximate surface area is 143 Å². The Morgan fingerprint density at radius 3 is 2.67 bits per heavy atom. The van der Waals surface area contributed by atoms with Crippen molar-refractivity contribution in [3.63, 3.8) is 0 Å². The van der Waals surface area contributed by atoms with Gasteiger partial charge in [0, 0.05) is 19.3 Å². The van der Waals surface area contributed by atoms with Crippen LogP contribution in [0.3, 0.4) is 0 Å². The van der Waals surface area contributed by atoms with E-state index in [9.17, 15) is 5.11 Å². The number of likely N-dealkylation sites (tertiary alicyclic amines) is 1. The molecule has 1 atom stereocenters. The van der Waals surface area contributed by atoms with Crippen LogP contribution in [0.5, 0.6) is 0 Å². The van der Waals surface area contributed by atoms with Crippen LogP contribution in [0.1, 0.15) is 49.7 Å². The maximum atomic E-state index is 9.52. The minimum atomic E-state index is -0.549. The molecule has 1 fully saturated rings. The summed E-state index contributed by atoms with van der Waals surface area (Å²) in [5.41, 5.74) is 3.10. The number of rotatable bonds is 6. The van der Waals surface area contributed by atoms with E-state index in [-0.39, 0.29) is 0 Å². The third-order valence-electron chi connectivity index (χ3n) is 4.82. The molecule has 2 aromatic heterocycles. The van der Waals surface area contributed by atoms with Crippen molar-refractivity contribution in [2.75, 3.05) is 13.1 Å². The van der Waals surface area contributed by atoms with Gasteiger partial charge >= 0.3 is 0 Å². The summed E-state index contributed by atoms with van der Waals surface area (Å²) in [7, 11) is 0. The van der Waals surface area contributed by atoms with Crippen molar-refractivity contribution in [1.29, 1.82) is 0 Å². The second-order valence-electron chi connectivity index (χ2n) is 6.77. The summed E-state index contributed by atoms with van der Waals surface area (Å²) >= 11 is 0. The largest absolute Gasteiger partial charge is 0.387 e. The van der Waals surface area contributed by atoms with Gasteiger partial charge in [-0.1, -0.05) is 18.2 Å². The third-order valence-corrected chi connectivity index (χ3v) is 4.82. The van der Waals surface area contributed by atoms with Crippen molar-refractivity contribution in [3.05, 3.63) is 41.5 Å². The van der Waals surface area contributed by atoms with Gasteiger partial charge in [-0.05, 0) is 56.8 Å². The highest BCUT2D eigenvalue weighted by Crippen LogP contribution is 2.20. The quantitative estimate of drug-likeness (QED) is 0.880. The smallest absolute Gasteiger partial charge is 0.111 e. The van der Waals surface area contributed by atoms with Crippen LogP contribution in [0.4, 0.5) is 0 Å². The van der Waals surface area contributed by atoms with Crippen LogP contribution in [0.2, 0.25) is 0 Å². The summed E-state index contributed by atoms with van der Waals surface area (Å²) in [6, 6.07) is 4.33. The van der Waals surface area contributed by atoms with Crippen molar-refractivity contribution < 1.29 is 5.11 Å². The fourth-order valence-corrected chi connectivity index (χ4v) is 3.17. The minimum absolute atomic E-state index is 0.549. The molecule has 0 aromatic carbocycles. The molecule has 130 valence electrons. The van der Waals surface area contributed by atoms with E-state index in [0.29, 0.717) is 11.6 Å². The summed E-state index contributed by atoms with van der Waals surface area (Å²) in [6.07, 6.45) is 6.67. The standard InChI is InChI=1S/C18H27N5O/c1-3-15-4-5-17(19-10-15)12-22-8-6-16(7-9-22)11-23-13-18(14(2)24)20-21-23/h4-5,10,13-14,16,24H,3,6-9,11-12H2,1-2H3/t14-/m1/s1. The predicted octanol–water partition coefficient (Wildman–Crippen LogP) is 2.20. The van der Waals surface area contributed by atoms with Gasteiger partial charge in [0.15, 0.2) is 0 Å². The van der Waals surface area contributed by atoms with Gasteiger partial charge in [-0.15, -0.1) is 5.10 Å². The van der Waals surface area contributed by atoms with Crippen LogP contribution >= 0.6 is 0 Å². The number of aromatic nitrogens is 4. The molecular weight excluding hydrogens is 302 g/mol. The van der Waals surface area contributed by atoms with Crippen molar-refractivity contribution in [2.45, 2.75) is 52.3 Å². The van der Waals surface area contributed by atoms with Crippen LogP contribution in [0.15, 0.2) is 24.5 Å². The topological polar surface area (TPSA) is 67.1 Å². The summed E-state index contributed by atoms with van der Waals surface area (Å²) < 4.78 is 1.87. The first kappa shape index (κ1) is 17.0. The van der Waals surface area contributed by atoms with Crippen LogP contribution in [0.25, 0.3) is 0 Å². The van der Waals surface area contributed by atoms with E-state index >= 15 is 0 Å². The second-order valence-corrected chi connectivity index (χ2v) is 6.77. The van der Waals surface area contributed by atoms with E-state index in [4.69, 9.17) is 0 Å².